The van der Waals surface area contributed by atoms with Gasteiger partial charge >= 0.3 is 11.9 Å². The van der Waals surface area contributed by atoms with Crippen LogP contribution in [-0.2, 0) is 33.8 Å². The van der Waals surface area contributed by atoms with E-state index in [1.807, 2.05) is 0 Å². The third-order valence-corrected chi connectivity index (χ3v) is 5.52. The maximum absolute atomic E-state index is 12.6. The summed E-state index contributed by atoms with van der Waals surface area (Å²) in [6, 6.07) is 5.81. The Bertz CT molecular complexity index is 781. The monoisotopic (exact) mass is 384 g/mol. The molecule has 1 saturated heterocycles. The third-order valence-electron chi connectivity index (χ3n) is 3.61. The second-order valence-electron chi connectivity index (χ2n) is 5.24. The molecule has 0 spiro atoms. The number of benzene rings is 1. The molecule has 26 heavy (non-hydrogen) atoms. The minimum absolute atomic E-state index is 0.126. The molecule has 10 heteroatoms. The van der Waals surface area contributed by atoms with Crippen LogP contribution in [0.25, 0.3) is 0 Å². The Kier molecular flexibility index (Phi) is 6.72. The Labute approximate surface area is 151 Å². The quantitative estimate of drug-likeness (QED) is 0.552. The number of carbonyl (C=O) groups is 2. The Hall–Kier alpha value is -2.43. The Morgan fingerprint density at radius 2 is 1.73 bits per heavy atom. The highest BCUT2D eigenvalue weighted by Crippen LogP contribution is 2.20. The number of nitrogens with one attached hydrogen (secondary N) is 1. The van der Waals surface area contributed by atoms with Gasteiger partial charge in [-0.2, -0.15) is 4.31 Å². The molecular formula is C16H20N2O7S. The summed E-state index contributed by atoms with van der Waals surface area (Å²) in [6.45, 7) is 1.33. The van der Waals surface area contributed by atoms with Crippen molar-refractivity contribution in [3.63, 3.8) is 0 Å². The van der Waals surface area contributed by atoms with E-state index in [9.17, 15) is 18.0 Å². The van der Waals surface area contributed by atoms with E-state index < -0.39 is 22.0 Å². The van der Waals surface area contributed by atoms with Gasteiger partial charge in [0, 0.05) is 18.8 Å². The van der Waals surface area contributed by atoms with Crippen LogP contribution < -0.4 is 5.32 Å². The molecule has 9 nitrogen and oxygen atoms in total. The highest BCUT2D eigenvalue weighted by atomic mass is 32.2. The number of hydrogen-bond donors (Lipinski definition) is 1. The molecule has 1 fully saturated rings. The number of esters is 2. The molecule has 1 heterocycles. The van der Waals surface area contributed by atoms with Crippen LogP contribution in [0.1, 0.15) is 0 Å². The standard InChI is InChI=1S/C16H20N2O7S/c1-23-15(19)11-14(16(20)24-2)17-12-3-5-13(6-4-12)26(21,22)18-7-9-25-10-8-18/h3-6,11,17H,7-10H2,1-2H3/b14-11+. The van der Waals surface area contributed by atoms with Crippen molar-refractivity contribution in [3.05, 3.63) is 36.0 Å². The van der Waals surface area contributed by atoms with E-state index in [1.54, 1.807) is 0 Å². The highest BCUT2D eigenvalue weighted by molar-refractivity contribution is 7.89. The van der Waals surface area contributed by atoms with Crippen molar-refractivity contribution in [1.82, 2.24) is 4.31 Å². The van der Waals surface area contributed by atoms with Gasteiger partial charge in [0.25, 0.3) is 0 Å². The van der Waals surface area contributed by atoms with Gasteiger partial charge in [-0.3, -0.25) is 0 Å². The molecule has 0 saturated carbocycles. The van der Waals surface area contributed by atoms with Crippen molar-refractivity contribution in [3.8, 4) is 0 Å². The topological polar surface area (TPSA) is 111 Å². The maximum Gasteiger partial charge on any atom is 0.354 e. The van der Waals surface area contributed by atoms with E-state index in [1.165, 1.54) is 42.8 Å². The van der Waals surface area contributed by atoms with E-state index in [0.29, 0.717) is 32.0 Å². The lowest BCUT2D eigenvalue weighted by atomic mass is 10.3. The van der Waals surface area contributed by atoms with Crippen molar-refractivity contribution < 1.29 is 32.2 Å². The number of methoxy groups -OCH3 is 2. The van der Waals surface area contributed by atoms with Gasteiger partial charge in [0.05, 0.1) is 38.4 Å². The van der Waals surface area contributed by atoms with Crippen molar-refractivity contribution in [2.45, 2.75) is 4.90 Å². The summed E-state index contributed by atoms with van der Waals surface area (Å²) in [7, 11) is -1.25. The number of ether oxygens (including phenoxy) is 3. The van der Waals surface area contributed by atoms with E-state index in [2.05, 4.69) is 14.8 Å². The molecule has 0 amide bonds. The minimum atomic E-state index is -3.61. The summed E-state index contributed by atoms with van der Waals surface area (Å²) in [5, 5.41) is 2.71. The molecule has 1 N–H and O–H groups in total. The van der Waals surface area contributed by atoms with Crippen molar-refractivity contribution in [2.75, 3.05) is 45.8 Å². The average Bonchev–Trinajstić information content (AvgIpc) is 2.67. The van der Waals surface area contributed by atoms with E-state index in [4.69, 9.17) is 4.74 Å². The minimum Gasteiger partial charge on any atom is -0.466 e. The fourth-order valence-corrected chi connectivity index (χ4v) is 3.64. The molecule has 1 aliphatic heterocycles. The van der Waals surface area contributed by atoms with Crippen LogP contribution in [-0.4, -0.2) is 65.2 Å². The second-order valence-corrected chi connectivity index (χ2v) is 7.18. The summed E-state index contributed by atoms with van der Waals surface area (Å²) in [5.41, 5.74) is 0.273. The average molecular weight is 384 g/mol. The summed E-state index contributed by atoms with van der Waals surface area (Å²) >= 11 is 0. The first-order chi connectivity index (χ1) is 12.4. The molecule has 1 aromatic rings. The first kappa shape index (κ1) is 19.9. The summed E-state index contributed by atoms with van der Waals surface area (Å²) < 4.78 is 40.7. The zero-order valence-corrected chi connectivity index (χ0v) is 15.2. The normalized spacial score (nSPS) is 16.0. The lowest BCUT2D eigenvalue weighted by molar-refractivity contribution is -0.138. The molecule has 1 aromatic carbocycles. The van der Waals surface area contributed by atoms with Gasteiger partial charge in [-0.25, -0.2) is 18.0 Å². The van der Waals surface area contributed by atoms with Crippen LogP contribution in [0.2, 0.25) is 0 Å². The van der Waals surface area contributed by atoms with E-state index in [-0.39, 0.29) is 10.6 Å². The van der Waals surface area contributed by atoms with Gasteiger partial charge in [0.15, 0.2) is 0 Å². The van der Waals surface area contributed by atoms with Gasteiger partial charge in [-0.1, -0.05) is 0 Å². The van der Waals surface area contributed by atoms with Gasteiger partial charge in [0.1, 0.15) is 5.70 Å². The van der Waals surface area contributed by atoms with Gasteiger partial charge in [0.2, 0.25) is 10.0 Å². The van der Waals surface area contributed by atoms with E-state index in [0.717, 1.165) is 6.08 Å². The largest absolute Gasteiger partial charge is 0.466 e. The van der Waals surface area contributed by atoms with Crippen LogP contribution in [0.5, 0.6) is 0 Å². The number of nitrogens with zero attached hydrogens (tertiary/aromatic N) is 1. The summed E-state index contributed by atoms with van der Waals surface area (Å²) in [5.74, 6) is -1.50. The predicted octanol–water partition coefficient (Wildman–Crippen LogP) is 0.349. The maximum atomic E-state index is 12.6. The Morgan fingerprint density at radius 1 is 1.12 bits per heavy atom. The zero-order chi connectivity index (χ0) is 19.2. The zero-order valence-electron chi connectivity index (χ0n) is 14.4. The van der Waals surface area contributed by atoms with Crippen molar-refractivity contribution in [2.24, 2.45) is 0 Å². The Balaban J connectivity index is 2.18. The number of hydrogen-bond acceptors (Lipinski definition) is 8. The molecule has 0 bridgehead atoms. The number of morpholine rings is 1. The lowest BCUT2D eigenvalue weighted by Gasteiger charge is -2.26. The number of rotatable bonds is 6. The number of carbonyl (C=O) groups excluding carboxylic acids is 2. The van der Waals surface area contributed by atoms with Gasteiger partial charge in [-0.05, 0) is 24.3 Å². The Morgan fingerprint density at radius 3 is 2.27 bits per heavy atom. The van der Waals surface area contributed by atoms with Gasteiger partial charge < -0.3 is 19.5 Å². The van der Waals surface area contributed by atoms with Crippen LogP contribution in [0.15, 0.2) is 40.9 Å². The van der Waals surface area contributed by atoms with Crippen LogP contribution >= 0.6 is 0 Å². The molecule has 1 aliphatic rings. The molecular weight excluding hydrogens is 364 g/mol. The fourth-order valence-electron chi connectivity index (χ4n) is 2.23. The lowest BCUT2D eigenvalue weighted by Crippen LogP contribution is -2.40. The molecule has 0 atom stereocenters. The highest BCUT2D eigenvalue weighted by Gasteiger charge is 2.26. The van der Waals surface area contributed by atoms with Gasteiger partial charge in [-0.15, -0.1) is 0 Å². The first-order valence-corrected chi connectivity index (χ1v) is 9.15. The second kappa shape index (κ2) is 8.79. The fraction of sp³-hybridized carbons (Fsp3) is 0.375. The molecule has 0 aliphatic carbocycles. The van der Waals surface area contributed by atoms with E-state index >= 15 is 0 Å². The molecule has 0 unspecified atom stereocenters. The summed E-state index contributed by atoms with van der Waals surface area (Å²) in [4.78, 5) is 23.2. The third kappa shape index (κ3) is 4.81. The van der Waals surface area contributed by atoms with Crippen LogP contribution in [0.3, 0.4) is 0 Å². The molecule has 2 rings (SSSR count). The first-order valence-electron chi connectivity index (χ1n) is 7.71. The smallest absolute Gasteiger partial charge is 0.354 e. The van der Waals surface area contributed by atoms with Crippen LogP contribution in [0, 0.1) is 0 Å². The van der Waals surface area contributed by atoms with Crippen molar-refractivity contribution in [1.29, 1.82) is 0 Å². The molecule has 142 valence electrons. The SMILES string of the molecule is COC(=O)/C=C(/Nc1ccc(S(=O)(=O)N2CCOCC2)cc1)C(=O)OC. The predicted molar refractivity (Wildman–Crippen MR) is 91.8 cm³/mol. The number of anilines is 1. The van der Waals surface area contributed by atoms with Crippen molar-refractivity contribution >= 4 is 27.6 Å². The van der Waals surface area contributed by atoms with Crippen LogP contribution in [0.4, 0.5) is 5.69 Å². The molecule has 0 radical (unpaired) electrons. The molecule has 0 aromatic heterocycles. The number of sulfonamides is 1. The summed E-state index contributed by atoms with van der Waals surface area (Å²) in [6.07, 6.45) is 0.949.